The van der Waals surface area contributed by atoms with E-state index in [4.69, 9.17) is 0 Å². The summed E-state index contributed by atoms with van der Waals surface area (Å²) in [6.07, 6.45) is 0. The van der Waals surface area contributed by atoms with Gasteiger partial charge in [0.15, 0.2) is 0 Å². The maximum Gasteiger partial charge on any atom is 0.390 e. The van der Waals surface area contributed by atoms with E-state index in [1.54, 1.807) is 13.8 Å². The van der Waals surface area contributed by atoms with Crippen molar-refractivity contribution in [3.05, 3.63) is 56.2 Å². The lowest BCUT2D eigenvalue weighted by atomic mass is 10.2. The van der Waals surface area contributed by atoms with E-state index in [-0.39, 0.29) is 11.7 Å². The second-order valence-corrected chi connectivity index (χ2v) is 7.57. The molecule has 1 unspecified atom stereocenters. The van der Waals surface area contributed by atoms with E-state index in [2.05, 4.69) is 32.0 Å². The van der Waals surface area contributed by atoms with E-state index in [1.807, 2.05) is 23.1 Å². The van der Waals surface area contributed by atoms with Crippen LogP contribution in [-0.4, -0.2) is 56.6 Å². The van der Waals surface area contributed by atoms with Crippen molar-refractivity contribution in [1.29, 1.82) is 0 Å². The summed E-state index contributed by atoms with van der Waals surface area (Å²) in [6, 6.07) is 8.97. The topological polar surface area (TPSA) is 84.5 Å². The van der Waals surface area contributed by atoms with Crippen LogP contribution in [0.4, 0.5) is 5.82 Å². The van der Waals surface area contributed by atoms with Gasteiger partial charge in [-0.25, -0.2) is 0 Å². The van der Waals surface area contributed by atoms with Crippen molar-refractivity contribution in [2.75, 3.05) is 26.2 Å². The molecule has 2 aromatic rings. The summed E-state index contributed by atoms with van der Waals surface area (Å²) in [7, 11) is 0. The van der Waals surface area contributed by atoms with Crippen LogP contribution in [-0.2, 0) is 11.3 Å². The SMILES string of the molecule is Cc1cc([N+](=O)[O-])nn1C(C)C(=O)N1CCN(Cc2ccccc2Br)CC1. The second kappa shape index (κ2) is 8.18. The van der Waals surface area contributed by atoms with Crippen LogP contribution in [0.3, 0.4) is 0 Å². The van der Waals surface area contributed by atoms with Gasteiger partial charge in [-0.1, -0.05) is 34.1 Å². The van der Waals surface area contributed by atoms with E-state index < -0.39 is 11.0 Å². The molecule has 1 aliphatic heterocycles. The summed E-state index contributed by atoms with van der Waals surface area (Å²) in [6.45, 7) is 7.14. The second-order valence-electron chi connectivity index (χ2n) is 6.71. The summed E-state index contributed by atoms with van der Waals surface area (Å²) < 4.78 is 2.53. The molecule has 3 rings (SSSR count). The Morgan fingerprint density at radius 1 is 1.30 bits per heavy atom. The minimum absolute atomic E-state index is 0.0587. The van der Waals surface area contributed by atoms with Crippen molar-refractivity contribution in [1.82, 2.24) is 19.6 Å². The first kappa shape index (κ1) is 19.5. The average Bonchev–Trinajstić information content (AvgIpc) is 3.05. The highest BCUT2D eigenvalue weighted by Crippen LogP contribution is 2.21. The number of hydrogen-bond donors (Lipinski definition) is 0. The summed E-state index contributed by atoms with van der Waals surface area (Å²) in [5.41, 5.74) is 1.83. The van der Waals surface area contributed by atoms with Gasteiger partial charge in [-0.15, -0.1) is 0 Å². The van der Waals surface area contributed by atoms with Crippen LogP contribution >= 0.6 is 15.9 Å². The molecule has 0 aliphatic carbocycles. The molecule has 144 valence electrons. The van der Waals surface area contributed by atoms with Crippen LogP contribution in [0.1, 0.15) is 24.2 Å². The third-order valence-electron chi connectivity index (χ3n) is 4.86. The minimum Gasteiger partial charge on any atom is -0.358 e. The molecular formula is C18H22BrN5O3. The maximum absolute atomic E-state index is 12.8. The number of carbonyl (C=O) groups is 1. The summed E-state index contributed by atoms with van der Waals surface area (Å²) >= 11 is 3.57. The molecule has 1 aromatic heterocycles. The number of carbonyl (C=O) groups excluding carboxylic acids is 1. The molecule has 0 radical (unpaired) electrons. The number of amides is 1. The Bertz CT molecular complexity index is 845. The highest BCUT2D eigenvalue weighted by Gasteiger charge is 2.30. The lowest BCUT2D eigenvalue weighted by molar-refractivity contribution is -0.389. The average molecular weight is 436 g/mol. The number of hydrogen-bond acceptors (Lipinski definition) is 5. The lowest BCUT2D eigenvalue weighted by Gasteiger charge is -2.35. The molecule has 1 amide bonds. The van der Waals surface area contributed by atoms with Crippen LogP contribution in [0.2, 0.25) is 0 Å². The Labute approximate surface area is 166 Å². The van der Waals surface area contributed by atoms with Crippen molar-refractivity contribution in [2.24, 2.45) is 0 Å². The van der Waals surface area contributed by atoms with Gasteiger partial charge in [-0.05, 0) is 30.4 Å². The molecule has 27 heavy (non-hydrogen) atoms. The van der Waals surface area contributed by atoms with Gasteiger partial charge in [0.1, 0.15) is 6.04 Å². The van der Waals surface area contributed by atoms with Gasteiger partial charge in [-0.3, -0.25) is 9.69 Å². The van der Waals surface area contributed by atoms with Crippen LogP contribution in [0.5, 0.6) is 0 Å². The van der Waals surface area contributed by atoms with Gasteiger partial charge < -0.3 is 15.0 Å². The fourth-order valence-corrected chi connectivity index (χ4v) is 3.73. The molecule has 0 saturated carbocycles. The zero-order valence-corrected chi connectivity index (χ0v) is 16.9. The number of halogens is 1. The number of nitrogens with zero attached hydrogens (tertiary/aromatic N) is 5. The highest BCUT2D eigenvalue weighted by atomic mass is 79.9. The lowest BCUT2D eigenvalue weighted by Crippen LogP contribution is -2.50. The number of aryl methyl sites for hydroxylation is 1. The minimum atomic E-state index is -0.562. The quantitative estimate of drug-likeness (QED) is 0.532. The fourth-order valence-electron chi connectivity index (χ4n) is 3.32. The van der Waals surface area contributed by atoms with Gasteiger partial charge in [0.05, 0.1) is 16.9 Å². The Hall–Kier alpha value is -2.26. The van der Waals surface area contributed by atoms with Crippen LogP contribution in [0.15, 0.2) is 34.8 Å². The molecule has 1 aliphatic rings. The third-order valence-corrected chi connectivity index (χ3v) is 5.63. The smallest absolute Gasteiger partial charge is 0.358 e. The van der Waals surface area contributed by atoms with Gasteiger partial charge >= 0.3 is 5.82 Å². The first-order valence-electron chi connectivity index (χ1n) is 8.82. The first-order valence-corrected chi connectivity index (χ1v) is 9.61. The maximum atomic E-state index is 12.8. The van der Waals surface area contributed by atoms with E-state index >= 15 is 0 Å². The van der Waals surface area contributed by atoms with E-state index in [0.29, 0.717) is 18.8 Å². The first-order chi connectivity index (χ1) is 12.9. The number of nitro groups is 1. The van der Waals surface area contributed by atoms with Crippen LogP contribution in [0.25, 0.3) is 0 Å². The zero-order chi connectivity index (χ0) is 19.6. The molecule has 1 fully saturated rings. The molecule has 2 heterocycles. The summed E-state index contributed by atoms with van der Waals surface area (Å²) in [5, 5.41) is 14.9. The van der Waals surface area contributed by atoms with Crippen molar-refractivity contribution < 1.29 is 9.72 Å². The molecule has 1 atom stereocenters. The number of rotatable bonds is 5. The van der Waals surface area contributed by atoms with Gasteiger partial charge in [0, 0.05) is 37.2 Å². The number of aromatic nitrogens is 2. The van der Waals surface area contributed by atoms with E-state index in [1.165, 1.54) is 16.3 Å². The highest BCUT2D eigenvalue weighted by molar-refractivity contribution is 9.10. The largest absolute Gasteiger partial charge is 0.390 e. The van der Waals surface area contributed by atoms with Crippen LogP contribution in [0, 0.1) is 17.0 Å². The molecule has 1 aromatic carbocycles. The van der Waals surface area contributed by atoms with Crippen molar-refractivity contribution in [3.8, 4) is 0 Å². The van der Waals surface area contributed by atoms with E-state index in [0.717, 1.165) is 24.1 Å². The third kappa shape index (κ3) is 4.36. The normalized spacial score (nSPS) is 16.3. The standard InChI is InChI=1S/C18H22BrN5O3/c1-13-11-17(24(26)27)20-23(13)14(2)18(25)22-9-7-21(8-10-22)12-15-5-3-4-6-16(15)19/h3-6,11,14H,7-10,12H2,1-2H3. The van der Waals surface area contributed by atoms with Crippen molar-refractivity contribution in [2.45, 2.75) is 26.4 Å². The summed E-state index contributed by atoms with van der Waals surface area (Å²) in [4.78, 5) is 27.3. The van der Waals surface area contributed by atoms with Gasteiger partial charge in [0.25, 0.3) is 0 Å². The van der Waals surface area contributed by atoms with E-state index in [9.17, 15) is 14.9 Å². The van der Waals surface area contributed by atoms with Crippen molar-refractivity contribution in [3.63, 3.8) is 0 Å². The monoisotopic (exact) mass is 435 g/mol. The Morgan fingerprint density at radius 2 is 1.96 bits per heavy atom. The predicted molar refractivity (Wildman–Crippen MR) is 104 cm³/mol. The predicted octanol–water partition coefficient (Wildman–Crippen LogP) is 2.77. The van der Waals surface area contributed by atoms with Crippen molar-refractivity contribution >= 4 is 27.7 Å². The molecule has 9 heteroatoms. The number of benzene rings is 1. The molecular weight excluding hydrogens is 414 g/mol. The van der Waals surface area contributed by atoms with Crippen LogP contribution < -0.4 is 0 Å². The molecule has 8 nitrogen and oxygen atoms in total. The Balaban J connectivity index is 1.59. The van der Waals surface area contributed by atoms with Gasteiger partial charge in [0.2, 0.25) is 5.91 Å². The number of piperazine rings is 1. The summed E-state index contributed by atoms with van der Waals surface area (Å²) in [5.74, 6) is -0.290. The molecule has 0 N–H and O–H groups in total. The zero-order valence-electron chi connectivity index (χ0n) is 15.3. The molecule has 0 bridgehead atoms. The Morgan fingerprint density at radius 3 is 2.56 bits per heavy atom. The fraction of sp³-hybridized carbons (Fsp3) is 0.444. The molecule has 0 spiro atoms. The van der Waals surface area contributed by atoms with Gasteiger partial charge in [-0.2, -0.15) is 4.68 Å². The molecule has 1 saturated heterocycles. The Kier molecular flexibility index (Phi) is 5.91.